The molecule has 3 saturated heterocycles. The first-order valence-corrected chi connectivity index (χ1v) is 9.24. The summed E-state index contributed by atoms with van der Waals surface area (Å²) in [7, 11) is 4.55. The maximum Gasteiger partial charge on any atom is 0.0685 e. The minimum Gasteiger partial charge on any atom is -0.375 e. The first-order valence-electron chi connectivity index (χ1n) is 9.24. The van der Waals surface area contributed by atoms with Crippen LogP contribution in [0.1, 0.15) is 57.8 Å². The quantitative estimate of drug-likeness (QED) is 0.865. The third-order valence-corrected chi connectivity index (χ3v) is 7.28. The molecule has 120 valence electrons. The molecule has 0 aromatic heterocycles. The lowest BCUT2D eigenvalue weighted by atomic mass is 9.67. The summed E-state index contributed by atoms with van der Waals surface area (Å²) in [6, 6.07) is 2.45. The fourth-order valence-electron chi connectivity index (χ4n) is 5.89. The van der Waals surface area contributed by atoms with Gasteiger partial charge in [0.2, 0.25) is 0 Å². The van der Waals surface area contributed by atoms with E-state index in [9.17, 15) is 0 Å². The zero-order valence-corrected chi connectivity index (χ0v) is 13.8. The molecule has 0 amide bonds. The highest BCUT2D eigenvalue weighted by Gasteiger charge is 2.47. The number of piperidine rings is 1. The molecular formula is C18H32N2O. The highest BCUT2D eigenvalue weighted by Crippen LogP contribution is 2.47. The van der Waals surface area contributed by atoms with Gasteiger partial charge in [-0.25, -0.2) is 0 Å². The van der Waals surface area contributed by atoms with Crippen LogP contribution in [0.3, 0.4) is 0 Å². The Hall–Kier alpha value is -0.120. The normalized spacial score (nSPS) is 43.7. The second-order valence-corrected chi connectivity index (χ2v) is 8.23. The Bertz CT molecular complexity index is 365. The summed E-state index contributed by atoms with van der Waals surface area (Å²) in [5.74, 6) is 1.74. The van der Waals surface area contributed by atoms with E-state index in [-0.39, 0.29) is 0 Å². The SMILES string of the molecule is CNC(C1CC2CCC(C1)N2C)C1CCOC2(CCC2)C1. The molecule has 4 atom stereocenters. The average molecular weight is 292 g/mol. The van der Waals surface area contributed by atoms with Gasteiger partial charge in [0.15, 0.2) is 0 Å². The van der Waals surface area contributed by atoms with Crippen LogP contribution in [0.2, 0.25) is 0 Å². The van der Waals surface area contributed by atoms with Crippen molar-refractivity contribution in [1.82, 2.24) is 10.2 Å². The largest absolute Gasteiger partial charge is 0.375 e. The van der Waals surface area contributed by atoms with Crippen molar-refractivity contribution in [1.29, 1.82) is 0 Å². The van der Waals surface area contributed by atoms with Gasteiger partial charge < -0.3 is 15.0 Å². The van der Waals surface area contributed by atoms with Gasteiger partial charge in [-0.2, -0.15) is 0 Å². The topological polar surface area (TPSA) is 24.5 Å². The number of nitrogens with zero attached hydrogens (tertiary/aromatic N) is 1. The van der Waals surface area contributed by atoms with Gasteiger partial charge >= 0.3 is 0 Å². The van der Waals surface area contributed by atoms with E-state index in [2.05, 4.69) is 24.3 Å². The zero-order valence-electron chi connectivity index (χ0n) is 13.8. The van der Waals surface area contributed by atoms with Crippen molar-refractivity contribution >= 4 is 0 Å². The molecule has 4 rings (SSSR count). The number of ether oxygens (including phenoxy) is 1. The molecular weight excluding hydrogens is 260 g/mol. The van der Waals surface area contributed by atoms with E-state index in [1.54, 1.807) is 0 Å². The lowest BCUT2D eigenvalue weighted by Gasteiger charge is -2.50. The Morgan fingerprint density at radius 2 is 1.81 bits per heavy atom. The molecule has 1 spiro atoms. The van der Waals surface area contributed by atoms with Crippen LogP contribution in [-0.2, 0) is 4.74 Å². The van der Waals surface area contributed by atoms with Gasteiger partial charge in [0.1, 0.15) is 0 Å². The minimum atomic E-state index is 0.294. The molecule has 1 N–H and O–H groups in total. The van der Waals surface area contributed by atoms with Gasteiger partial charge in [-0.1, -0.05) is 0 Å². The minimum absolute atomic E-state index is 0.294. The summed E-state index contributed by atoms with van der Waals surface area (Å²) in [4.78, 5) is 2.67. The van der Waals surface area contributed by atoms with Crippen molar-refractivity contribution in [2.24, 2.45) is 11.8 Å². The molecule has 3 nitrogen and oxygen atoms in total. The van der Waals surface area contributed by atoms with Crippen LogP contribution in [0, 0.1) is 11.8 Å². The third kappa shape index (κ3) is 2.46. The first-order chi connectivity index (χ1) is 10.2. The van der Waals surface area contributed by atoms with E-state index in [4.69, 9.17) is 4.74 Å². The van der Waals surface area contributed by atoms with Crippen LogP contribution in [0.5, 0.6) is 0 Å². The molecule has 3 heteroatoms. The number of hydrogen-bond acceptors (Lipinski definition) is 3. The van der Waals surface area contributed by atoms with Crippen molar-refractivity contribution in [3.63, 3.8) is 0 Å². The number of rotatable bonds is 3. The van der Waals surface area contributed by atoms with Crippen molar-refractivity contribution in [3.05, 3.63) is 0 Å². The fourth-order valence-corrected chi connectivity index (χ4v) is 5.89. The van der Waals surface area contributed by atoms with Crippen LogP contribution in [-0.4, -0.2) is 49.3 Å². The molecule has 21 heavy (non-hydrogen) atoms. The predicted molar refractivity (Wildman–Crippen MR) is 85.4 cm³/mol. The first kappa shape index (κ1) is 14.5. The van der Waals surface area contributed by atoms with Crippen molar-refractivity contribution in [2.75, 3.05) is 20.7 Å². The van der Waals surface area contributed by atoms with Crippen LogP contribution in [0.4, 0.5) is 0 Å². The molecule has 0 aromatic rings. The van der Waals surface area contributed by atoms with Crippen LogP contribution in [0.15, 0.2) is 0 Å². The summed E-state index contributed by atoms with van der Waals surface area (Å²) in [6.45, 7) is 1.00. The zero-order chi connectivity index (χ0) is 14.4. The molecule has 3 aliphatic heterocycles. The molecule has 4 aliphatic rings. The van der Waals surface area contributed by atoms with E-state index in [0.29, 0.717) is 5.60 Å². The standard InChI is InChI=1S/C18H32N2O/c1-19-17(13-6-9-21-18(12-13)7-3-8-18)14-10-15-4-5-16(11-14)20(15)2/h13-17,19H,3-12H2,1-2H3. The maximum absolute atomic E-state index is 6.15. The van der Waals surface area contributed by atoms with Crippen LogP contribution in [0.25, 0.3) is 0 Å². The van der Waals surface area contributed by atoms with Gasteiger partial charge in [-0.05, 0) is 83.7 Å². The Labute approximate surface area is 129 Å². The molecule has 2 bridgehead atoms. The molecule has 4 unspecified atom stereocenters. The second-order valence-electron chi connectivity index (χ2n) is 8.23. The number of fused-ring (bicyclic) bond motifs is 2. The van der Waals surface area contributed by atoms with Gasteiger partial charge in [0.05, 0.1) is 5.60 Å². The number of nitrogens with one attached hydrogen (secondary N) is 1. The Balaban J connectivity index is 1.45. The average Bonchev–Trinajstić information content (AvgIpc) is 2.69. The highest BCUT2D eigenvalue weighted by atomic mass is 16.5. The van der Waals surface area contributed by atoms with E-state index in [1.165, 1.54) is 57.8 Å². The lowest BCUT2D eigenvalue weighted by molar-refractivity contribution is -0.150. The van der Waals surface area contributed by atoms with Gasteiger partial charge in [0.25, 0.3) is 0 Å². The molecule has 4 fully saturated rings. The summed E-state index contributed by atoms with van der Waals surface area (Å²) in [5, 5.41) is 3.74. The second kappa shape index (κ2) is 5.50. The highest BCUT2D eigenvalue weighted by molar-refractivity contribution is 5.01. The maximum atomic E-state index is 6.15. The van der Waals surface area contributed by atoms with Crippen molar-refractivity contribution in [3.8, 4) is 0 Å². The molecule has 0 radical (unpaired) electrons. The Morgan fingerprint density at radius 3 is 2.38 bits per heavy atom. The van der Waals surface area contributed by atoms with Crippen LogP contribution >= 0.6 is 0 Å². The molecule has 1 aliphatic carbocycles. The van der Waals surface area contributed by atoms with Crippen molar-refractivity contribution < 1.29 is 4.74 Å². The monoisotopic (exact) mass is 292 g/mol. The van der Waals surface area contributed by atoms with E-state index in [1.807, 2.05) is 0 Å². The third-order valence-electron chi connectivity index (χ3n) is 7.28. The predicted octanol–water partition coefficient (Wildman–Crippen LogP) is 2.80. The van der Waals surface area contributed by atoms with E-state index >= 15 is 0 Å². The molecule has 3 heterocycles. The summed E-state index contributed by atoms with van der Waals surface area (Å²) >= 11 is 0. The molecule has 1 saturated carbocycles. The summed E-state index contributed by atoms with van der Waals surface area (Å²) < 4.78 is 6.15. The van der Waals surface area contributed by atoms with Crippen molar-refractivity contribution in [2.45, 2.75) is 81.5 Å². The lowest BCUT2D eigenvalue weighted by Crippen LogP contribution is -2.54. The van der Waals surface area contributed by atoms with E-state index < -0.39 is 0 Å². The Kier molecular flexibility index (Phi) is 3.79. The van der Waals surface area contributed by atoms with Crippen LogP contribution < -0.4 is 5.32 Å². The fraction of sp³-hybridized carbons (Fsp3) is 1.00. The Morgan fingerprint density at radius 1 is 1.10 bits per heavy atom. The molecule has 0 aromatic carbocycles. The van der Waals surface area contributed by atoms with Gasteiger partial charge in [-0.15, -0.1) is 0 Å². The summed E-state index contributed by atoms with van der Waals surface area (Å²) in [5.41, 5.74) is 0.294. The van der Waals surface area contributed by atoms with Gasteiger partial charge in [-0.3, -0.25) is 0 Å². The van der Waals surface area contributed by atoms with Gasteiger partial charge in [0, 0.05) is 24.7 Å². The summed E-state index contributed by atoms with van der Waals surface area (Å²) in [6.07, 6.45) is 12.3. The smallest absolute Gasteiger partial charge is 0.0685 e. The number of hydrogen-bond donors (Lipinski definition) is 1. The van der Waals surface area contributed by atoms with E-state index in [0.717, 1.165) is 36.6 Å².